The molecule has 0 heterocycles. The Hall–Kier alpha value is -1.04. The second-order valence-corrected chi connectivity index (χ2v) is 14.5. The minimum Gasteiger partial charge on any atom is -0.103 e. The van der Waals surface area contributed by atoms with Crippen LogP contribution in [0, 0.1) is 47.3 Å². The molecule has 234 valence electrons. The molecule has 0 fully saturated rings. The van der Waals surface area contributed by atoms with E-state index in [0.717, 1.165) is 53.8 Å². The summed E-state index contributed by atoms with van der Waals surface area (Å²) in [6.45, 7) is 43.5. The van der Waals surface area contributed by atoms with Gasteiger partial charge in [0.15, 0.2) is 0 Å². The molecule has 0 aliphatic carbocycles. The van der Waals surface area contributed by atoms with Crippen LogP contribution in [0.2, 0.25) is 0 Å². The molecule has 0 saturated heterocycles. The smallest absolute Gasteiger partial charge is 0.0257 e. The fourth-order valence-corrected chi connectivity index (χ4v) is 5.32. The van der Waals surface area contributed by atoms with E-state index >= 15 is 0 Å². The van der Waals surface area contributed by atoms with Gasteiger partial charge < -0.3 is 0 Å². The Morgan fingerprint density at radius 1 is 0.590 bits per heavy atom. The predicted molar refractivity (Wildman–Crippen MR) is 188 cm³/mol. The molecule has 0 heteroatoms. The first-order valence-electron chi connectivity index (χ1n) is 16.4. The van der Waals surface area contributed by atoms with E-state index in [4.69, 9.17) is 0 Å². The maximum atomic E-state index is 3.90. The van der Waals surface area contributed by atoms with Crippen molar-refractivity contribution in [3.05, 3.63) is 48.6 Å². The Labute approximate surface area is 251 Å². The van der Waals surface area contributed by atoms with Crippen molar-refractivity contribution in [2.24, 2.45) is 47.3 Å². The minimum atomic E-state index is 0.755. The second-order valence-electron chi connectivity index (χ2n) is 14.5. The van der Waals surface area contributed by atoms with E-state index in [0.29, 0.717) is 0 Å². The molecule has 0 aromatic heterocycles. The quantitative estimate of drug-likeness (QED) is 0.179. The first-order valence-corrected chi connectivity index (χ1v) is 16.4. The van der Waals surface area contributed by atoms with Crippen LogP contribution >= 0.6 is 0 Å². The van der Waals surface area contributed by atoms with Gasteiger partial charge in [-0.05, 0) is 120 Å². The number of allylic oxidation sites excluding steroid dienone is 6. The summed E-state index contributed by atoms with van der Waals surface area (Å²) in [5.74, 6) is 6.58. The molecule has 39 heavy (non-hydrogen) atoms. The Morgan fingerprint density at radius 3 is 1.28 bits per heavy atom. The summed E-state index contributed by atoms with van der Waals surface area (Å²) in [6.07, 6.45) is 17.7. The summed E-state index contributed by atoms with van der Waals surface area (Å²) in [4.78, 5) is 0. The van der Waals surface area contributed by atoms with Crippen LogP contribution in [-0.2, 0) is 0 Å². The van der Waals surface area contributed by atoms with E-state index in [2.05, 4.69) is 142 Å². The van der Waals surface area contributed by atoms with E-state index in [1.54, 1.807) is 0 Å². The maximum Gasteiger partial charge on any atom is -0.0257 e. The van der Waals surface area contributed by atoms with Crippen molar-refractivity contribution in [1.29, 1.82) is 0 Å². The highest BCUT2D eigenvalue weighted by Crippen LogP contribution is 2.18. The Kier molecular flexibility index (Phi) is 34.5. The fourth-order valence-electron chi connectivity index (χ4n) is 5.32. The highest BCUT2D eigenvalue weighted by atomic mass is 14.1. The van der Waals surface area contributed by atoms with Gasteiger partial charge in [-0.25, -0.2) is 0 Å². The molecule has 0 spiro atoms. The molecule has 0 nitrogen and oxygen atoms in total. The van der Waals surface area contributed by atoms with Gasteiger partial charge in [0, 0.05) is 0 Å². The van der Waals surface area contributed by atoms with Crippen molar-refractivity contribution >= 4 is 0 Å². The van der Waals surface area contributed by atoms with Crippen molar-refractivity contribution in [3.8, 4) is 0 Å². The van der Waals surface area contributed by atoms with E-state index in [9.17, 15) is 0 Å². The molecule has 0 N–H and O–H groups in total. The molecule has 4 atom stereocenters. The molecule has 4 unspecified atom stereocenters. The second kappa shape index (κ2) is 29.9. The van der Waals surface area contributed by atoms with Crippen LogP contribution in [0.4, 0.5) is 0 Å². The normalized spacial score (nSPS) is 13.9. The molecule has 0 aromatic rings. The van der Waals surface area contributed by atoms with Crippen LogP contribution in [0.3, 0.4) is 0 Å². The third-order valence-corrected chi connectivity index (χ3v) is 6.12. The highest BCUT2D eigenvalue weighted by molar-refractivity contribution is 4.96. The summed E-state index contributed by atoms with van der Waals surface area (Å²) in [5, 5.41) is 0. The van der Waals surface area contributed by atoms with E-state index in [1.807, 2.05) is 6.08 Å². The lowest BCUT2D eigenvalue weighted by molar-refractivity contribution is 0.436. The third-order valence-electron chi connectivity index (χ3n) is 6.12. The van der Waals surface area contributed by atoms with Gasteiger partial charge in [0.1, 0.15) is 0 Å². The zero-order chi connectivity index (χ0) is 31.6. The van der Waals surface area contributed by atoms with Crippen molar-refractivity contribution < 1.29 is 0 Å². The minimum absolute atomic E-state index is 0.755. The summed E-state index contributed by atoms with van der Waals surface area (Å²) in [5.41, 5.74) is 2.75. The highest BCUT2D eigenvalue weighted by Gasteiger charge is 2.04. The lowest BCUT2D eigenvalue weighted by Crippen LogP contribution is -1.99. The van der Waals surface area contributed by atoms with Gasteiger partial charge in [0.05, 0.1) is 0 Å². The van der Waals surface area contributed by atoms with Crippen molar-refractivity contribution in [2.45, 2.75) is 156 Å². The van der Waals surface area contributed by atoms with Crippen molar-refractivity contribution in [2.75, 3.05) is 0 Å². The topological polar surface area (TPSA) is 0 Å². The van der Waals surface area contributed by atoms with Gasteiger partial charge in [-0.3, -0.25) is 0 Å². The number of rotatable bonds is 15. The molecule has 0 aliphatic rings. The molecule has 0 aromatic carbocycles. The molecule has 0 rings (SSSR count). The fraction of sp³-hybridized carbons (Fsp3) is 0.795. The summed E-state index contributed by atoms with van der Waals surface area (Å²) < 4.78 is 0. The molecule has 0 aliphatic heterocycles. The van der Waals surface area contributed by atoms with Crippen LogP contribution < -0.4 is 0 Å². The monoisotopic (exact) mass is 547 g/mol. The number of hydrogen-bond acceptors (Lipinski definition) is 0. The first-order chi connectivity index (χ1) is 17.9. The zero-order valence-corrected chi connectivity index (χ0v) is 30.3. The van der Waals surface area contributed by atoms with Gasteiger partial charge in [-0.1, -0.05) is 119 Å². The van der Waals surface area contributed by atoms with Crippen LogP contribution in [0.5, 0.6) is 0 Å². The van der Waals surface area contributed by atoms with E-state index in [1.165, 1.54) is 49.7 Å². The van der Waals surface area contributed by atoms with Crippen molar-refractivity contribution in [1.82, 2.24) is 0 Å². The maximum absolute atomic E-state index is 3.90. The average molecular weight is 547 g/mol. The SMILES string of the molecule is C/C=C/CC(C)CC(C)C.C=C(C)CC(C)CC(C)C.C=CCC(C)CC(C)C.CC(C)=CC(C)CC(C)C. The molecule has 0 saturated carbocycles. The van der Waals surface area contributed by atoms with Gasteiger partial charge in [0.25, 0.3) is 0 Å². The Bertz CT molecular complexity index is 579. The largest absolute Gasteiger partial charge is 0.103 e. The standard InChI is InChI=1S/3C10H20.C9H18/c2*1-8(2)6-10(5)7-9(3)4;1-5-6-7-10(4)8-9(2)3;1-5-6-9(4)7-8(2)3/h6,9-10H,7H2,1-5H3;9-10H,1,6-7H2,2-5H3;5-6,9-10H,7-8H2,1-4H3;5,8-9H,1,6-7H2,2-4H3/b;;6-5+;. The molecular weight excluding hydrogens is 468 g/mol. The molecule has 0 radical (unpaired) electrons. The molecule has 0 bridgehead atoms. The first kappa shape index (κ1) is 45.0. The van der Waals surface area contributed by atoms with Gasteiger partial charge in [-0.2, -0.15) is 0 Å². The van der Waals surface area contributed by atoms with Crippen molar-refractivity contribution in [3.63, 3.8) is 0 Å². The Balaban J connectivity index is -0.000000210. The Morgan fingerprint density at radius 2 is 0.974 bits per heavy atom. The van der Waals surface area contributed by atoms with Crippen LogP contribution in [0.1, 0.15) is 156 Å². The van der Waals surface area contributed by atoms with Gasteiger partial charge >= 0.3 is 0 Å². The average Bonchev–Trinajstić information content (AvgIpc) is 2.70. The zero-order valence-electron chi connectivity index (χ0n) is 30.3. The summed E-state index contributed by atoms with van der Waals surface area (Å²) in [6, 6.07) is 0. The van der Waals surface area contributed by atoms with Crippen LogP contribution in [0.15, 0.2) is 48.6 Å². The summed E-state index contributed by atoms with van der Waals surface area (Å²) in [7, 11) is 0. The van der Waals surface area contributed by atoms with Gasteiger partial charge in [0.2, 0.25) is 0 Å². The van der Waals surface area contributed by atoms with Gasteiger partial charge in [-0.15, -0.1) is 13.2 Å². The lowest BCUT2D eigenvalue weighted by Gasteiger charge is -2.12. The third kappa shape index (κ3) is 50.3. The number of hydrogen-bond donors (Lipinski definition) is 0. The van der Waals surface area contributed by atoms with Crippen LogP contribution in [0.25, 0.3) is 0 Å². The van der Waals surface area contributed by atoms with E-state index < -0.39 is 0 Å². The molecule has 0 amide bonds. The predicted octanol–water partition coefficient (Wildman–Crippen LogP) is 14.1. The summed E-state index contributed by atoms with van der Waals surface area (Å²) >= 11 is 0. The van der Waals surface area contributed by atoms with E-state index in [-0.39, 0.29) is 0 Å². The lowest BCUT2D eigenvalue weighted by atomic mass is 9.94. The van der Waals surface area contributed by atoms with Crippen LogP contribution in [-0.4, -0.2) is 0 Å². The molecular formula is C39H78.